The number of furan rings is 1. The van der Waals surface area contributed by atoms with Gasteiger partial charge in [-0.05, 0) is 43.8 Å². The molecular weight excluding hydrogens is 308 g/mol. The highest BCUT2D eigenvalue weighted by molar-refractivity contribution is 5.73. The molecule has 3 rings (SSSR count). The van der Waals surface area contributed by atoms with Gasteiger partial charge >= 0.3 is 0 Å². The molecule has 0 saturated carbocycles. The molecule has 0 radical (unpaired) electrons. The third-order valence-electron chi connectivity index (χ3n) is 3.25. The zero-order chi connectivity index (χ0) is 17.2. The minimum Gasteiger partial charge on any atom is -0.496 e. The molecule has 1 aromatic carbocycles. The number of ether oxygens (including phenoxy) is 1. The Bertz CT molecular complexity index is 735. The molecule has 0 aliphatic heterocycles. The number of likely N-dealkylation sites (N-methyl/N-ethyl adjacent to an activating group) is 1. The molecule has 2 heterocycles. The van der Waals surface area contributed by atoms with Crippen LogP contribution in [0.2, 0.25) is 0 Å². The second-order valence-corrected chi connectivity index (χ2v) is 4.88. The van der Waals surface area contributed by atoms with Gasteiger partial charge in [0.2, 0.25) is 5.76 Å². The van der Waals surface area contributed by atoms with Crippen molar-refractivity contribution in [2.75, 3.05) is 20.7 Å². The molecule has 6 heteroatoms. The maximum absolute atomic E-state index is 10.2. The van der Waals surface area contributed by atoms with E-state index in [0.717, 1.165) is 18.7 Å². The fourth-order valence-electron chi connectivity index (χ4n) is 2.05. The Kier molecular flexibility index (Phi) is 6.79. The number of para-hydroxylation sites is 1. The van der Waals surface area contributed by atoms with E-state index in [4.69, 9.17) is 13.7 Å². The maximum atomic E-state index is 10.2. The second kappa shape index (κ2) is 9.32. The maximum Gasteiger partial charge on any atom is 0.202 e. The average Bonchev–Trinajstić information content (AvgIpc) is 3.31. The van der Waals surface area contributed by atoms with Crippen molar-refractivity contribution < 1.29 is 18.5 Å². The van der Waals surface area contributed by atoms with Gasteiger partial charge in [-0.1, -0.05) is 23.4 Å². The monoisotopic (exact) mass is 328 g/mol. The highest BCUT2D eigenvalue weighted by Gasteiger charge is 2.07. The number of rotatable bonds is 6. The fraction of sp³-hybridized carbons (Fsp3) is 0.222. The number of nitrogens with zero attached hydrogens (tertiary/aromatic N) is 1. The number of carbonyl (C=O) groups excluding carboxylic acids is 1. The normalized spacial score (nSPS) is 9.92. The lowest BCUT2D eigenvalue weighted by atomic mass is 10.1. The zero-order valence-corrected chi connectivity index (χ0v) is 13.7. The molecule has 0 atom stereocenters. The highest BCUT2D eigenvalue weighted by atomic mass is 16.5. The van der Waals surface area contributed by atoms with Gasteiger partial charge < -0.3 is 19.0 Å². The van der Waals surface area contributed by atoms with E-state index in [-0.39, 0.29) is 5.69 Å². The van der Waals surface area contributed by atoms with Gasteiger partial charge in [0.25, 0.3) is 0 Å². The van der Waals surface area contributed by atoms with Gasteiger partial charge in [0, 0.05) is 6.07 Å². The quantitative estimate of drug-likeness (QED) is 0.700. The topological polar surface area (TPSA) is 77.5 Å². The fourth-order valence-corrected chi connectivity index (χ4v) is 2.05. The van der Waals surface area contributed by atoms with Gasteiger partial charge in [0.1, 0.15) is 11.4 Å². The minimum absolute atomic E-state index is 0.265. The summed E-state index contributed by atoms with van der Waals surface area (Å²) in [5, 5.41) is 6.60. The van der Waals surface area contributed by atoms with Gasteiger partial charge in [0.05, 0.1) is 13.4 Å². The number of hydrogen-bond acceptors (Lipinski definition) is 6. The largest absolute Gasteiger partial charge is 0.496 e. The number of aromatic nitrogens is 1. The van der Waals surface area contributed by atoms with Crippen molar-refractivity contribution >= 4 is 6.29 Å². The Hall–Kier alpha value is -2.86. The smallest absolute Gasteiger partial charge is 0.202 e. The van der Waals surface area contributed by atoms with Crippen LogP contribution in [0.5, 0.6) is 5.75 Å². The molecule has 126 valence electrons. The molecule has 2 aromatic heterocycles. The molecule has 0 fully saturated rings. The molecule has 3 aromatic rings. The molecule has 24 heavy (non-hydrogen) atoms. The Morgan fingerprint density at radius 3 is 2.67 bits per heavy atom. The predicted octanol–water partition coefficient (Wildman–Crippen LogP) is 3.20. The van der Waals surface area contributed by atoms with Crippen molar-refractivity contribution in [3.63, 3.8) is 0 Å². The van der Waals surface area contributed by atoms with Gasteiger partial charge in [-0.25, -0.2) is 0 Å². The summed E-state index contributed by atoms with van der Waals surface area (Å²) in [6.45, 7) is 0.986. The molecule has 6 nitrogen and oxygen atoms in total. The number of aldehydes is 1. The van der Waals surface area contributed by atoms with Crippen LogP contribution >= 0.6 is 0 Å². The zero-order valence-electron chi connectivity index (χ0n) is 13.7. The van der Waals surface area contributed by atoms with Crippen LogP contribution in [0.3, 0.4) is 0 Å². The number of benzene rings is 1. The van der Waals surface area contributed by atoms with Crippen LogP contribution < -0.4 is 10.1 Å². The molecule has 0 unspecified atom stereocenters. The van der Waals surface area contributed by atoms with Gasteiger partial charge in [-0.2, -0.15) is 0 Å². The summed E-state index contributed by atoms with van der Waals surface area (Å²) >= 11 is 0. The van der Waals surface area contributed by atoms with Crippen molar-refractivity contribution in [3.8, 4) is 17.3 Å². The van der Waals surface area contributed by atoms with Gasteiger partial charge in [-0.3, -0.25) is 4.79 Å². The second-order valence-electron chi connectivity index (χ2n) is 4.88. The van der Waals surface area contributed by atoms with Crippen molar-refractivity contribution in [2.24, 2.45) is 0 Å². The molecule has 0 aliphatic carbocycles. The number of hydrogen-bond donors (Lipinski definition) is 1. The molecule has 1 N–H and O–H groups in total. The summed E-state index contributed by atoms with van der Waals surface area (Å²) < 4.78 is 15.1. The molecule has 0 amide bonds. The summed E-state index contributed by atoms with van der Waals surface area (Å²) in [5.41, 5.74) is 1.52. The molecule has 0 aliphatic rings. The Morgan fingerprint density at radius 1 is 1.21 bits per heavy atom. The lowest BCUT2D eigenvalue weighted by Crippen LogP contribution is -2.10. The Balaban J connectivity index is 0.000000174. The van der Waals surface area contributed by atoms with Crippen LogP contribution in [0, 0.1) is 0 Å². The summed E-state index contributed by atoms with van der Waals surface area (Å²) in [5.74, 6) is 2.01. The summed E-state index contributed by atoms with van der Waals surface area (Å²) in [6.07, 6.45) is 3.16. The van der Waals surface area contributed by atoms with E-state index in [9.17, 15) is 4.79 Å². The molecule has 0 bridgehead atoms. The first-order valence-corrected chi connectivity index (χ1v) is 7.50. The van der Waals surface area contributed by atoms with Crippen LogP contribution in [0.15, 0.2) is 57.7 Å². The minimum atomic E-state index is 0.265. The van der Waals surface area contributed by atoms with Crippen molar-refractivity contribution in [1.82, 2.24) is 10.5 Å². The lowest BCUT2D eigenvalue weighted by Gasteiger charge is -2.06. The van der Waals surface area contributed by atoms with E-state index in [1.54, 1.807) is 19.2 Å². The summed E-state index contributed by atoms with van der Waals surface area (Å²) in [6, 6.07) is 13.1. The SMILES string of the molecule is CNCCc1ccccc1OC.O=Cc1cc(-c2ccco2)on1. The van der Waals surface area contributed by atoms with Crippen molar-refractivity contribution in [1.29, 1.82) is 0 Å². The Morgan fingerprint density at radius 2 is 2.04 bits per heavy atom. The molecular formula is C18H20N2O4. The van der Waals surface area contributed by atoms with Crippen molar-refractivity contribution in [2.45, 2.75) is 6.42 Å². The van der Waals surface area contributed by atoms with E-state index in [0.29, 0.717) is 17.8 Å². The first-order chi connectivity index (χ1) is 11.8. The van der Waals surface area contributed by atoms with Gasteiger partial charge in [0.15, 0.2) is 12.0 Å². The predicted molar refractivity (Wildman–Crippen MR) is 90.2 cm³/mol. The molecule has 0 spiro atoms. The highest BCUT2D eigenvalue weighted by Crippen LogP contribution is 2.19. The number of nitrogens with one attached hydrogen (secondary N) is 1. The van der Waals surface area contributed by atoms with Crippen LogP contribution in [0.4, 0.5) is 0 Å². The van der Waals surface area contributed by atoms with Crippen LogP contribution in [-0.4, -0.2) is 32.1 Å². The Labute approximate surface area is 140 Å². The third kappa shape index (κ3) is 4.82. The third-order valence-corrected chi connectivity index (χ3v) is 3.25. The van der Waals surface area contributed by atoms with Crippen LogP contribution in [-0.2, 0) is 6.42 Å². The van der Waals surface area contributed by atoms with E-state index >= 15 is 0 Å². The standard InChI is InChI=1S/C10H15NO.C8H5NO3/c1-11-8-7-9-5-3-4-6-10(9)12-2;10-5-6-4-8(12-9-6)7-2-1-3-11-7/h3-6,11H,7-8H2,1-2H3;1-5H. The van der Waals surface area contributed by atoms with Crippen LogP contribution in [0.25, 0.3) is 11.5 Å². The van der Waals surface area contributed by atoms with E-state index < -0.39 is 0 Å². The number of carbonyl (C=O) groups is 1. The van der Waals surface area contributed by atoms with E-state index in [1.807, 2.05) is 25.2 Å². The summed E-state index contributed by atoms with van der Waals surface area (Å²) in [4.78, 5) is 10.2. The van der Waals surface area contributed by atoms with E-state index in [2.05, 4.69) is 16.5 Å². The van der Waals surface area contributed by atoms with Gasteiger partial charge in [-0.15, -0.1) is 0 Å². The first kappa shape index (κ1) is 17.5. The first-order valence-electron chi connectivity index (χ1n) is 7.50. The van der Waals surface area contributed by atoms with E-state index in [1.165, 1.54) is 17.9 Å². The average molecular weight is 328 g/mol. The molecule has 0 saturated heterocycles. The van der Waals surface area contributed by atoms with Crippen molar-refractivity contribution in [3.05, 3.63) is 60.0 Å². The van der Waals surface area contributed by atoms with Crippen LogP contribution in [0.1, 0.15) is 16.1 Å². The lowest BCUT2D eigenvalue weighted by molar-refractivity contribution is 0.111. The summed E-state index contributed by atoms with van der Waals surface area (Å²) in [7, 11) is 3.66. The number of methoxy groups -OCH3 is 1.